The van der Waals surface area contributed by atoms with Crippen LogP contribution in [0.4, 0.5) is 0 Å². The van der Waals surface area contributed by atoms with E-state index in [1.165, 1.54) is 0 Å². The van der Waals surface area contributed by atoms with Gasteiger partial charge in [-0.05, 0) is 38.5 Å². The van der Waals surface area contributed by atoms with Crippen molar-refractivity contribution >= 4 is 17.9 Å². The van der Waals surface area contributed by atoms with Crippen LogP contribution in [0, 0.1) is 5.92 Å². The van der Waals surface area contributed by atoms with E-state index in [1.807, 2.05) is 14.8 Å². The first-order valence-corrected chi connectivity index (χ1v) is 6.89. The summed E-state index contributed by atoms with van der Waals surface area (Å²) >= 11 is 0. The third-order valence-corrected chi connectivity index (χ3v) is 4.57. The zero-order valence-corrected chi connectivity index (χ0v) is 11.8. The van der Waals surface area contributed by atoms with Crippen LogP contribution in [0.3, 0.4) is 0 Å². The van der Waals surface area contributed by atoms with Gasteiger partial charge in [0.05, 0.1) is 4.75 Å². The first-order valence-electron chi connectivity index (χ1n) is 5.41. The highest BCUT2D eigenvalue weighted by molar-refractivity contribution is 7.90. The molecule has 0 spiro atoms. The molecule has 0 aliphatic heterocycles. The van der Waals surface area contributed by atoms with Gasteiger partial charge in [0.15, 0.2) is 0 Å². The molecule has 0 aromatic carbocycles. The fourth-order valence-electron chi connectivity index (χ4n) is 1.58. The maximum atomic E-state index is 11.9. The SMILES string of the molecule is B[C@](C)(CC(C)C)NS(=O)(=O)C(C)(C)C. The van der Waals surface area contributed by atoms with Gasteiger partial charge < -0.3 is 0 Å². The lowest BCUT2D eigenvalue weighted by Gasteiger charge is -2.32. The molecule has 1 N–H and O–H groups in total. The van der Waals surface area contributed by atoms with Gasteiger partial charge in [0.2, 0.25) is 10.0 Å². The van der Waals surface area contributed by atoms with Crippen molar-refractivity contribution < 1.29 is 8.42 Å². The fourth-order valence-corrected chi connectivity index (χ4v) is 2.70. The van der Waals surface area contributed by atoms with Gasteiger partial charge in [0.25, 0.3) is 0 Å². The summed E-state index contributed by atoms with van der Waals surface area (Å²) in [6.45, 7) is 11.2. The molecule has 0 aromatic heterocycles. The van der Waals surface area contributed by atoms with Gasteiger partial charge in [-0.2, -0.15) is 0 Å². The van der Waals surface area contributed by atoms with Crippen LogP contribution in [0.1, 0.15) is 48.0 Å². The van der Waals surface area contributed by atoms with E-state index in [0.717, 1.165) is 6.42 Å². The van der Waals surface area contributed by atoms with E-state index >= 15 is 0 Å². The maximum Gasteiger partial charge on any atom is 0.216 e. The molecule has 0 rings (SSSR count). The average Bonchev–Trinajstić information content (AvgIpc) is 1.75. The van der Waals surface area contributed by atoms with Gasteiger partial charge >= 0.3 is 0 Å². The van der Waals surface area contributed by atoms with Gasteiger partial charge in [0, 0.05) is 0 Å². The van der Waals surface area contributed by atoms with Crippen molar-refractivity contribution in [2.75, 3.05) is 0 Å². The molecule has 3 nitrogen and oxygen atoms in total. The van der Waals surface area contributed by atoms with Gasteiger partial charge in [-0.1, -0.05) is 20.8 Å². The largest absolute Gasteiger partial charge is 0.217 e. The Morgan fingerprint density at radius 3 is 1.87 bits per heavy atom. The molecule has 90 valence electrons. The fraction of sp³-hybridized carbons (Fsp3) is 1.00. The minimum Gasteiger partial charge on any atom is -0.217 e. The first-order chi connectivity index (χ1) is 6.37. The first kappa shape index (κ1) is 15.0. The van der Waals surface area contributed by atoms with E-state index in [4.69, 9.17) is 0 Å². The summed E-state index contributed by atoms with van der Waals surface area (Å²) in [6.07, 6.45) is 0.836. The summed E-state index contributed by atoms with van der Waals surface area (Å²) in [6, 6.07) is 0. The Hall–Kier alpha value is -0.0251. The molecule has 0 aliphatic carbocycles. The molecule has 1 atom stereocenters. The summed E-state index contributed by atoms with van der Waals surface area (Å²) in [7, 11) is -1.32. The molecule has 15 heavy (non-hydrogen) atoms. The Kier molecular flexibility index (Phi) is 4.45. The molecule has 0 fully saturated rings. The predicted octanol–water partition coefficient (Wildman–Crippen LogP) is 1.10. The molecular weight excluding hydrogens is 209 g/mol. The van der Waals surface area contributed by atoms with Gasteiger partial charge in [-0.15, -0.1) is 0 Å². The van der Waals surface area contributed by atoms with Crippen molar-refractivity contribution in [2.45, 2.75) is 58.1 Å². The summed E-state index contributed by atoms with van der Waals surface area (Å²) < 4.78 is 25.9. The van der Waals surface area contributed by atoms with E-state index in [-0.39, 0.29) is 5.44 Å². The average molecular weight is 233 g/mol. The third kappa shape index (κ3) is 5.02. The van der Waals surface area contributed by atoms with Crippen molar-refractivity contribution in [3.8, 4) is 0 Å². The number of rotatable bonds is 4. The number of hydrogen-bond donors (Lipinski definition) is 1. The van der Waals surface area contributed by atoms with Gasteiger partial charge in [-0.25, -0.2) is 13.1 Å². The lowest BCUT2D eigenvalue weighted by molar-refractivity contribution is 0.435. The van der Waals surface area contributed by atoms with Crippen molar-refractivity contribution in [2.24, 2.45) is 5.92 Å². The van der Waals surface area contributed by atoms with E-state index in [0.29, 0.717) is 5.92 Å². The zero-order valence-electron chi connectivity index (χ0n) is 11.0. The summed E-state index contributed by atoms with van der Waals surface area (Å²) in [4.78, 5) is 0. The van der Waals surface area contributed by atoms with Crippen molar-refractivity contribution in [1.82, 2.24) is 4.72 Å². The molecule has 0 saturated carbocycles. The topological polar surface area (TPSA) is 46.2 Å². The molecule has 0 bridgehead atoms. The second-order valence-corrected chi connectivity index (χ2v) is 8.64. The second kappa shape index (κ2) is 4.46. The van der Waals surface area contributed by atoms with E-state index in [2.05, 4.69) is 18.6 Å². The van der Waals surface area contributed by atoms with E-state index in [1.54, 1.807) is 20.8 Å². The Morgan fingerprint density at radius 1 is 1.20 bits per heavy atom. The third-order valence-electron chi connectivity index (χ3n) is 2.14. The maximum absolute atomic E-state index is 11.9. The van der Waals surface area contributed by atoms with Crippen molar-refractivity contribution in [1.29, 1.82) is 0 Å². The predicted molar refractivity (Wildman–Crippen MR) is 68.2 cm³/mol. The lowest BCUT2D eigenvalue weighted by atomic mass is 9.75. The highest BCUT2D eigenvalue weighted by Gasteiger charge is 2.34. The summed E-state index contributed by atoms with van der Waals surface area (Å²) in [5, 5.41) is 0. The second-order valence-electron chi connectivity index (χ2n) is 6.20. The highest BCUT2D eigenvalue weighted by Crippen LogP contribution is 2.19. The monoisotopic (exact) mass is 233 g/mol. The molecule has 0 unspecified atom stereocenters. The lowest BCUT2D eigenvalue weighted by Crippen LogP contribution is -2.52. The molecular formula is C10H24BNO2S. The van der Waals surface area contributed by atoms with Crippen LogP contribution in [0.25, 0.3) is 0 Å². The number of hydrogen-bond acceptors (Lipinski definition) is 2. The molecule has 5 heteroatoms. The van der Waals surface area contributed by atoms with Crippen LogP contribution in [0.2, 0.25) is 0 Å². The quantitative estimate of drug-likeness (QED) is 0.739. The molecule has 0 heterocycles. The normalized spacial score (nSPS) is 17.8. The Bertz CT molecular complexity index is 302. The van der Waals surface area contributed by atoms with E-state index in [9.17, 15) is 8.42 Å². The summed E-state index contributed by atoms with van der Waals surface area (Å²) in [5.74, 6) is 0.475. The molecule has 0 aliphatic rings. The number of nitrogens with one attached hydrogen (secondary N) is 1. The van der Waals surface area contributed by atoms with Crippen LogP contribution in [0.15, 0.2) is 0 Å². The minimum atomic E-state index is -3.25. The minimum absolute atomic E-state index is 0.375. The van der Waals surface area contributed by atoms with Crippen LogP contribution in [-0.2, 0) is 10.0 Å². The van der Waals surface area contributed by atoms with Crippen LogP contribution in [0.5, 0.6) is 0 Å². The van der Waals surface area contributed by atoms with Crippen LogP contribution in [-0.4, -0.2) is 26.4 Å². The molecule has 0 aromatic rings. The summed E-state index contributed by atoms with van der Waals surface area (Å²) in [5.41, 5.74) is -0.375. The Morgan fingerprint density at radius 2 is 1.60 bits per heavy atom. The standard InChI is InChI=1S/C10H24BNO2S/c1-8(2)7-10(6,11)12-15(13,14)9(3,4)5/h8,12H,7,11H2,1-6H3/t10-/m0/s1. The highest BCUT2D eigenvalue weighted by atomic mass is 32.2. The number of sulfonamides is 1. The van der Waals surface area contributed by atoms with E-state index < -0.39 is 14.8 Å². The zero-order chi connectivity index (χ0) is 12.5. The smallest absolute Gasteiger partial charge is 0.216 e. The molecule has 0 radical (unpaired) electrons. The van der Waals surface area contributed by atoms with Crippen molar-refractivity contribution in [3.05, 3.63) is 0 Å². The molecule has 0 amide bonds. The van der Waals surface area contributed by atoms with Crippen LogP contribution >= 0.6 is 0 Å². The van der Waals surface area contributed by atoms with Crippen molar-refractivity contribution in [3.63, 3.8) is 0 Å². The van der Waals surface area contributed by atoms with Gasteiger partial charge in [0.1, 0.15) is 7.85 Å². The Labute approximate surface area is 95.5 Å². The van der Waals surface area contributed by atoms with Gasteiger partial charge in [-0.3, -0.25) is 0 Å². The molecule has 0 saturated heterocycles. The Balaban J connectivity index is 4.74. The van der Waals surface area contributed by atoms with Crippen LogP contribution < -0.4 is 4.72 Å².